The van der Waals surface area contributed by atoms with Crippen LogP contribution in [0, 0.1) is 0 Å². The van der Waals surface area contributed by atoms with Gasteiger partial charge in [0.2, 0.25) is 11.8 Å². The molecule has 1 saturated heterocycles. The van der Waals surface area contributed by atoms with Crippen LogP contribution in [0.2, 0.25) is 0 Å². The molecule has 0 radical (unpaired) electrons. The Bertz CT molecular complexity index is 716. The van der Waals surface area contributed by atoms with Gasteiger partial charge < -0.3 is 9.80 Å². The Balaban J connectivity index is 2.11. The van der Waals surface area contributed by atoms with Crippen molar-refractivity contribution in [3.05, 3.63) is 35.9 Å². The van der Waals surface area contributed by atoms with Crippen LogP contribution in [0.3, 0.4) is 0 Å². The van der Waals surface area contributed by atoms with E-state index in [9.17, 15) is 18.0 Å². The molecule has 2 amide bonds. The van der Waals surface area contributed by atoms with E-state index >= 15 is 0 Å². The molecule has 1 aromatic carbocycles. The Morgan fingerprint density at radius 2 is 1.84 bits per heavy atom. The van der Waals surface area contributed by atoms with Gasteiger partial charge in [0, 0.05) is 25.6 Å². The third kappa shape index (κ3) is 5.29. The summed E-state index contributed by atoms with van der Waals surface area (Å²) >= 11 is 0. The molecule has 1 atom stereocenters. The first kappa shape index (κ1) is 19.4. The maximum Gasteiger partial charge on any atom is 0.242 e. The number of hydrogen-bond acceptors (Lipinski definition) is 4. The van der Waals surface area contributed by atoms with Crippen LogP contribution in [0.1, 0.15) is 32.8 Å². The third-order valence-corrected chi connectivity index (χ3v) is 6.25. The molecule has 0 bridgehead atoms. The molecule has 6 nitrogen and oxygen atoms in total. The minimum Gasteiger partial charge on any atom is -0.334 e. The summed E-state index contributed by atoms with van der Waals surface area (Å²) < 4.78 is 23.4. The van der Waals surface area contributed by atoms with Gasteiger partial charge in [-0.15, -0.1) is 0 Å². The van der Waals surface area contributed by atoms with Gasteiger partial charge in [0.25, 0.3) is 0 Å². The highest BCUT2D eigenvalue weighted by Crippen LogP contribution is 2.19. The molecule has 25 heavy (non-hydrogen) atoms. The van der Waals surface area contributed by atoms with E-state index in [1.54, 1.807) is 4.90 Å². The van der Waals surface area contributed by atoms with Crippen LogP contribution in [0.15, 0.2) is 30.3 Å². The molecule has 1 heterocycles. The summed E-state index contributed by atoms with van der Waals surface area (Å²) in [5, 5.41) is 0. The average Bonchev–Trinajstić information content (AvgIpc) is 2.90. The number of hydrogen-bond donors (Lipinski definition) is 0. The maximum atomic E-state index is 12.8. The van der Waals surface area contributed by atoms with Crippen molar-refractivity contribution in [1.82, 2.24) is 9.80 Å². The van der Waals surface area contributed by atoms with Crippen LogP contribution in [0.4, 0.5) is 0 Å². The monoisotopic (exact) mass is 366 g/mol. The molecule has 1 aromatic rings. The van der Waals surface area contributed by atoms with E-state index in [1.165, 1.54) is 11.8 Å². The largest absolute Gasteiger partial charge is 0.334 e. The number of rotatable bonds is 6. The smallest absolute Gasteiger partial charge is 0.242 e. The lowest BCUT2D eigenvalue weighted by Gasteiger charge is -2.32. The predicted octanol–water partition coefficient (Wildman–Crippen LogP) is 1.46. The van der Waals surface area contributed by atoms with E-state index in [-0.39, 0.29) is 35.9 Å². The summed E-state index contributed by atoms with van der Waals surface area (Å²) in [5.41, 5.74) is 1.02. The van der Waals surface area contributed by atoms with E-state index in [0.717, 1.165) is 5.56 Å². The lowest BCUT2D eigenvalue weighted by Crippen LogP contribution is -2.48. The SMILES string of the molecule is CC(=O)N(CC(=O)N(Cc1ccccc1)C(C)C)C1CCS(=O)(=O)C1. The first-order chi connectivity index (χ1) is 11.7. The summed E-state index contributed by atoms with van der Waals surface area (Å²) in [6.45, 7) is 5.62. The van der Waals surface area contributed by atoms with Crippen molar-refractivity contribution in [2.45, 2.75) is 45.8 Å². The van der Waals surface area contributed by atoms with Crippen molar-refractivity contribution < 1.29 is 18.0 Å². The quantitative estimate of drug-likeness (QED) is 0.764. The zero-order valence-electron chi connectivity index (χ0n) is 15.0. The number of sulfone groups is 1. The molecule has 0 saturated carbocycles. The zero-order chi connectivity index (χ0) is 18.6. The average molecular weight is 366 g/mol. The van der Waals surface area contributed by atoms with Gasteiger partial charge in [-0.1, -0.05) is 30.3 Å². The molecule has 0 spiro atoms. The van der Waals surface area contributed by atoms with Crippen LogP contribution in [-0.4, -0.2) is 60.2 Å². The highest BCUT2D eigenvalue weighted by molar-refractivity contribution is 7.91. The van der Waals surface area contributed by atoms with Gasteiger partial charge in [-0.2, -0.15) is 0 Å². The standard InChI is InChI=1S/C18H26N2O4S/c1-14(2)19(11-16-7-5-4-6-8-16)18(22)12-20(15(3)21)17-9-10-25(23,24)13-17/h4-8,14,17H,9-13H2,1-3H3. The molecule has 1 aliphatic rings. The Labute approximate surface area is 149 Å². The number of carbonyl (C=O) groups is 2. The summed E-state index contributed by atoms with van der Waals surface area (Å²) in [4.78, 5) is 27.9. The second-order valence-electron chi connectivity index (χ2n) is 6.80. The molecule has 1 unspecified atom stereocenters. The van der Waals surface area contributed by atoms with E-state index in [1.807, 2.05) is 44.2 Å². The van der Waals surface area contributed by atoms with Gasteiger partial charge in [0.15, 0.2) is 9.84 Å². The Hall–Kier alpha value is -1.89. The molecule has 2 rings (SSSR count). The second-order valence-corrected chi connectivity index (χ2v) is 9.03. The Kier molecular flexibility index (Phi) is 6.21. The molecule has 0 N–H and O–H groups in total. The van der Waals surface area contributed by atoms with E-state index in [0.29, 0.717) is 13.0 Å². The number of amides is 2. The lowest BCUT2D eigenvalue weighted by molar-refractivity contribution is -0.142. The van der Waals surface area contributed by atoms with Crippen molar-refractivity contribution in [3.63, 3.8) is 0 Å². The normalized spacial score (nSPS) is 19.0. The summed E-state index contributed by atoms with van der Waals surface area (Å²) in [6.07, 6.45) is 0.398. The van der Waals surface area contributed by atoms with Crippen LogP contribution >= 0.6 is 0 Å². The molecule has 1 aliphatic heterocycles. The summed E-state index contributed by atoms with van der Waals surface area (Å²) in [5.74, 6) is -0.412. The minimum atomic E-state index is -3.11. The van der Waals surface area contributed by atoms with Gasteiger partial charge in [-0.05, 0) is 25.8 Å². The van der Waals surface area contributed by atoms with Crippen molar-refractivity contribution in [2.75, 3.05) is 18.1 Å². The summed E-state index contributed by atoms with van der Waals surface area (Å²) in [7, 11) is -3.11. The van der Waals surface area contributed by atoms with Crippen molar-refractivity contribution in [2.24, 2.45) is 0 Å². The van der Waals surface area contributed by atoms with Crippen molar-refractivity contribution in [3.8, 4) is 0 Å². The van der Waals surface area contributed by atoms with Gasteiger partial charge >= 0.3 is 0 Å². The van der Waals surface area contributed by atoms with Crippen LogP contribution < -0.4 is 0 Å². The van der Waals surface area contributed by atoms with Gasteiger partial charge in [0.1, 0.15) is 6.54 Å². The minimum absolute atomic E-state index is 0.0196. The van der Waals surface area contributed by atoms with Crippen molar-refractivity contribution >= 4 is 21.7 Å². The van der Waals surface area contributed by atoms with Gasteiger partial charge in [-0.25, -0.2) is 8.42 Å². The molecular weight excluding hydrogens is 340 g/mol. The molecule has 1 fully saturated rings. The van der Waals surface area contributed by atoms with Gasteiger partial charge in [0.05, 0.1) is 11.5 Å². The fourth-order valence-electron chi connectivity index (χ4n) is 3.09. The van der Waals surface area contributed by atoms with Crippen molar-refractivity contribution in [1.29, 1.82) is 0 Å². The Morgan fingerprint density at radius 3 is 2.32 bits per heavy atom. The maximum absolute atomic E-state index is 12.8. The molecule has 0 aromatic heterocycles. The first-order valence-corrected chi connectivity index (χ1v) is 10.3. The van der Waals surface area contributed by atoms with Crippen LogP contribution in [0.5, 0.6) is 0 Å². The van der Waals surface area contributed by atoms with E-state index < -0.39 is 15.9 Å². The van der Waals surface area contributed by atoms with E-state index in [2.05, 4.69) is 0 Å². The Morgan fingerprint density at radius 1 is 1.20 bits per heavy atom. The number of carbonyl (C=O) groups excluding carboxylic acids is 2. The molecule has 0 aliphatic carbocycles. The fraction of sp³-hybridized carbons (Fsp3) is 0.556. The van der Waals surface area contributed by atoms with E-state index in [4.69, 9.17) is 0 Å². The topological polar surface area (TPSA) is 74.8 Å². The second kappa shape index (κ2) is 7.99. The third-order valence-electron chi connectivity index (χ3n) is 4.50. The van der Waals surface area contributed by atoms with Gasteiger partial charge in [-0.3, -0.25) is 9.59 Å². The fourth-order valence-corrected chi connectivity index (χ4v) is 4.82. The highest BCUT2D eigenvalue weighted by atomic mass is 32.2. The molecule has 138 valence electrons. The summed E-state index contributed by atoms with van der Waals surface area (Å²) in [6, 6.07) is 9.24. The van der Waals surface area contributed by atoms with Crippen LogP contribution in [-0.2, 0) is 26.0 Å². The molecule has 7 heteroatoms. The highest BCUT2D eigenvalue weighted by Gasteiger charge is 2.35. The first-order valence-electron chi connectivity index (χ1n) is 8.50. The zero-order valence-corrected chi connectivity index (χ0v) is 15.8. The number of benzene rings is 1. The lowest BCUT2D eigenvalue weighted by atomic mass is 10.1. The van der Waals surface area contributed by atoms with Crippen LogP contribution in [0.25, 0.3) is 0 Å². The predicted molar refractivity (Wildman–Crippen MR) is 96.6 cm³/mol. The molecular formula is C18H26N2O4S. The number of nitrogens with zero attached hydrogens (tertiary/aromatic N) is 2.